The molecule has 0 bridgehead atoms. The highest BCUT2D eigenvalue weighted by molar-refractivity contribution is 6.12. The van der Waals surface area contributed by atoms with Gasteiger partial charge >= 0.3 is 5.97 Å². The monoisotopic (exact) mass is 376 g/mol. The molecule has 5 nitrogen and oxygen atoms in total. The summed E-state index contributed by atoms with van der Waals surface area (Å²) in [5.74, 6) is -0.347. The van der Waals surface area contributed by atoms with Crippen LogP contribution >= 0.6 is 0 Å². The molecule has 1 aromatic heterocycles. The molecular formula is C23H20O5. The molecule has 0 spiro atoms. The van der Waals surface area contributed by atoms with Crippen molar-refractivity contribution in [1.29, 1.82) is 0 Å². The molecule has 3 aromatic carbocycles. The number of fused-ring (bicyclic) bond motifs is 5. The van der Waals surface area contributed by atoms with Crippen molar-refractivity contribution in [3.8, 4) is 11.5 Å². The van der Waals surface area contributed by atoms with E-state index in [-0.39, 0.29) is 5.76 Å². The molecule has 0 amide bonds. The van der Waals surface area contributed by atoms with Crippen molar-refractivity contribution in [1.82, 2.24) is 0 Å². The van der Waals surface area contributed by atoms with Crippen LogP contribution in [0.4, 0.5) is 0 Å². The molecule has 0 saturated carbocycles. The van der Waals surface area contributed by atoms with Crippen LogP contribution in [0.5, 0.6) is 11.5 Å². The lowest BCUT2D eigenvalue weighted by Crippen LogP contribution is -2.04. The predicted octanol–water partition coefficient (Wildman–Crippen LogP) is 5.26. The summed E-state index contributed by atoms with van der Waals surface area (Å²) in [5, 5.41) is 32.9. The molecule has 28 heavy (non-hydrogen) atoms. The van der Waals surface area contributed by atoms with E-state index in [2.05, 4.69) is 4.42 Å². The molecule has 0 aliphatic heterocycles. The summed E-state index contributed by atoms with van der Waals surface area (Å²) in [6.45, 7) is 0. The van der Waals surface area contributed by atoms with E-state index in [0.29, 0.717) is 11.5 Å². The number of rotatable bonds is 1. The van der Waals surface area contributed by atoms with Crippen molar-refractivity contribution in [2.24, 2.45) is 0 Å². The van der Waals surface area contributed by atoms with Gasteiger partial charge in [-0.3, -0.25) is 0 Å². The zero-order valence-corrected chi connectivity index (χ0v) is 15.2. The molecule has 0 unspecified atom stereocenters. The predicted molar refractivity (Wildman–Crippen MR) is 107 cm³/mol. The average Bonchev–Trinajstić information content (AvgIpc) is 3.24. The van der Waals surface area contributed by atoms with Gasteiger partial charge in [-0.25, -0.2) is 4.79 Å². The Labute approximate surface area is 161 Å². The fourth-order valence-electron chi connectivity index (χ4n) is 3.92. The number of aromatic hydroxyl groups is 2. The van der Waals surface area contributed by atoms with Crippen LogP contribution in [0, 0.1) is 0 Å². The quantitative estimate of drug-likeness (QED) is 0.394. The summed E-state index contributed by atoms with van der Waals surface area (Å²) in [5.41, 5.74) is 2.16. The lowest BCUT2D eigenvalue weighted by Gasteiger charge is -2.21. The molecule has 1 aliphatic carbocycles. The Balaban J connectivity index is 0.000000203. The molecule has 0 saturated heterocycles. The molecule has 0 atom stereocenters. The first-order chi connectivity index (χ1) is 13.6. The van der Waals surface area contributed by atoms with Gasteiger partial charge in [-0.05, 0) is 77.2 Å². The Kier molecular flexibility index (Phi) is 4.65. The SMILES string of the molecule is O=C(O)c1ccco1.Oc1cc2c(c(O)cc3ccccc32)c2c1CCCC2. The molecule has 0 radical (unpaired) electrons. The number of aromatic carboxylic acids is 1. The topological polar surface area (TPSA) is 90.9 Å². The molecule has 0 fully saturated rings. The van der Waals surface area contributed by atoms with E-state index in [4.69, 9.17) is 5.11 Å². The summed E-state index contributed by atoms with van der Waals surface area (Å²) in [6.07, 6.45) is 5.40. The molecule has 1 heterocycles. The second-order valence-corrected chi connectivity index (χ2v) is 6.88. The first-order valence-corrected chi connectivity index (χ1v) is 9.21. The zero-order chi connectivity index (χ0) is 19.7. The van der Waals surface area contributed by atoms with E-state index in [0.717, 1.165) is 58.4 Å². The van der Waals surface area contributed by atoms with Crippen molar-refractivity contribution >= 4 is 27.5 Å². The first kappa shape index (κ1) is 17.9. The van der Waals surface area contributed by atoms with Crippen LogP contribution in [0.3, 0.4) is 0 Å². The Bertz CT molecular complexity index is 1160. The molecule has 1 aliphatic rings. The van der Waals surface area contributed by atoms with Gasteiger partial charge in [0.15, 0.2) is 0 Å². The van der Waals surface area contributed by atoms with Gasteiger partial charge in [-0.1, -0.05) is 24.3 Å². The third kappa shape index (κ3) is 3.16. The molecule has 5 heteroatoms. The van der Waals surface area contributed by atoms with Crippen molar-refractivity contribution in [2.45, 2.75) is 25.7 Å². The number of hydrogen-bond acceptors (Lipinski definition) is 4. The number of carboxylic acid groups (broad SMARTS) is 1. The number of benzene rings is 3. The minimum atomic E-state index is -1.03. The summed E-state index contributed by atoms with van der Waals surface area (Å²) >= 11 is 0. The smallest absolute Gasteiger partial charge is 0.371 e. The molecular weight excluding hydrogens is 356 g/mol. The highest BCUT2D eigenvalue weighted by Crippen LogP contribution is 2.42. The Morgan fingerprint density at radius 3 is 2.29 bits per heavy atom. The van der Waals surface area contributed by atoms with E-state index < -0.39 is 5.97 Å². The second-order valence-electron chi connectivity index (χ2n) is 6.88. The van der Waals surface area contributed by atoms with Crippen molar-refractivity contribution in [3.63, 3.8) is 0 Å². The summed E-state index contributed by atoms with van der Waals surface area (Å²) in [7, 11) is 0. The van der Waals surface area contributed by atoms with Gasteiger partial charge in [0.25, 0.3) is 0 Å². The van der Waals surface area contributed by atoms with Gasteiger partial charge in [0, 0.05) is 5.39 Å². The number of carboxylic acids is 1. The molecule has 5 rings (SSSR count). The number of furan rings is 1. The maximum Gasteiger partial charge on any atom is 0.371 e. The van der Waals surface area contributed by atoms with Crippen molar-refractivity contribution < 1.29 is 24.5 Å². The van der Waals surface area contributed by atoms with Crippen LogP contribution < -0.4 is 0 Å². The van der Waals surface area contributed by atoms with Gasteiger partial charge < -0.3 is 19.7 Å². The lowest BCUT2D eigenvalue weighted by atomic mass is 9.85. The van der Waals surface area contributed by atoms with Crippen LogP contribution in [0.2, 0.25) is 0 Å². The fraction of sp³-hybridized carbons (Fsp3) is 0.174. The Hall–Kier alpha value is -3.47. The van der Waals surface area contributed by atoms with Crippen LogP contribution in [0.25, 0.3) is 21.5 Å². The average molecular weight is 376 g/mol. The third-order valence-electron chi connectivity index (χ3n) is 5.16. The minimum Gasteiger partial charge on any atom is -0.508 e. The Morgan fingerprint density at radius 2 is 1.61 bits per heavy atom. The largest absolute Gasteiger partial charge is 0.508 e. The van der Waals surface area contributed by atoms with Crippen molar-refractivity contribution in [3.05, 3.63) is 71.7 Å². The summed E-state index contributed by atoms with van der Waals surface area (Å²) < 4.78 is 4.50. The molecule has 142 valence electrons. The van der Waals surface area contributed by atoms with E-state index in [9.17, 15) is 15.0 Å². The number of hydrogen-bond donors (Lipinski definition) is 3. The van der Waals surface area contributed by atoms with Crippen LogP contribution in [0.1, 0.15) is 34.5 Å². The van der Waals surface area contributed by atoms with E-state index >= 15 is 0 Å². The normalized spacial score (nSPS) is 13.0. The fourth-order valence-corrected chi connectivity index (χ4v) is 3.92. The number of carbonyl (C=O) groups is 1. The van der Waals surface area contributed by atoms with Gasteiger partial charge in [0.1, 0.15) is 11.5 Å². The van der Waals surface area contributed by atoms with E-state index in [1.807, 2.05) is 36.4 Å². The van der Waals surface area contributed by atoms with Crippen molar-refractivity contribution in [2.75, 3.05) is 0 Å². The Morgan fingerprint density at radius 1 is 0.857 bits per heavy atom. The molecule has 3 N–H and O–H groups in total. The summed E-state index contributed by atoms with van der Waals surface area (Å²) in [4.78, 5) is 9.97. The van der Waals surface area contributed by atoms with Crippen LogP contribution in [-0.4, -0.2) is 21.3 Å². The molecule has 4 aromatic rings. The van der Waals surface area contributed by atoms with E-state index in [1.54, 1.807) is 0 Å². The van der Waals surface area contributed by atoms with Gasteiger partial charge in [-0.2, -0.15) is 0 Å². The standard InChI is InChI=1S/C18H16O2.C5H4O3/c19-16-10-15-12-6-2-1-5-11(12)9-17(20)18(15)14-8-4-3-7-13(14)16;6-5(7)4-2-1-3-8-4/h1-2,5-6,9-10,19-20H,3-4,7-8H2;1-3H,(H,6,7). The van der Waals surface area contributed by atoms with Gasteiger partial charge in [-0.15, -0.1) is 0 Å². The highest BCUT2D eigenvalue weighted by Gasteiger charge is 2.20. The zero-order valence-electron chi connectivity index (χ0n) is 15.2. The maximum absolute atomic E-state index is 10.4. The first-order valence-electron chi connectivity index (χ1n) is 9.21. The van der Waals surface area contributed by atoms with Gasteiger partial charge in [0.2, 0.25) is 5.76 Å². The van der Waals surface area contributed by atoms with Gasteiger partial charge in [0.05, 0.1) is 6.26 Å². The minimum absolute atomic E-state index is 0.0231. The maximum atomic E-state index is 10.4. The van der Waals surface area contributed by atoms with Crippen LogP contribution in [-0.2, 0) is 12.8 Å². The third-order valence-corrected chi connectivity index (χ3v) is 5.16. The van der Waals surface area contributed by atoms with Crippen LogP contribution in [0.15, 0.2) is 59.2 Å². The lowest BCUT2D eigenvalue weighted by molar-refractivity contribution is 0.0662. The number of aryl methyl sites for hydroxylation is 1. The number of phenolic OH excluding ortho intramolecular Hbond substituents is 2. The number of phenols is 2. The summed E-state index contributed by atoms with van der Waals surface area (Å²) in [6, 6.07) is 14.6. The van der Waals surface area contributed by atoms with E-state index in [1.165, 1.54) is 18.4 Å². The highest BCUT2D eigenvalue weighted by atomic mass is 16.4. The second kappa shape index (κ2) is 7.27.